The molecule has 0 radical (unpaired) electrons. The molecule has 1 aromatic carbocycles. The number of halogens is 3. The van der Waals surface area contributed by atoms with Gasteiger partial charge in [-0.15, -0.1) is 0 Å². The van der Waals surface area contributed by atoms with Gasteiger partial charge in [-0.25, -0.2) is 8.42 Å². The standard InChI is InChI=1S/C21H31Cl3N4O5S/c1-25(2)3-4-26-5-7-27(8-6-26)20(29)15-33-14-17-13-32-10-9-28(17)34(30,31)21-18(23)11-16(22)12-19(21)24/h11-12,17H,3-10,13-15H2,1-2H3/t17-/m0/s1. The Balaban J connectivity index is 1.55. The van der Waals surface area contributed by atoms with E-state index in [0.29, 0.717) is 13.1 Å². The molecule has 1 aromatic rings. The van der Waals surface area contributed by atoms with Gasteiger partial charge < -0.3 is 19.3 Å². The van der Waals surface area contributed by atoms with Gasteiger partial charge in [-0.05, 0) is 26.2 Å². The highest BCUT2D eigenvalue weighted by molar-refractivity contribution is 7.89. The van der Waals surface area contributed by atoms with Crippen LogP contribution in [-0.4, -0.2) is 126 Å². The topological polar surface area (TPSA) is 82.6 Å². The van der Waals surface area contributed by atoms with Crippen molar-refractivity contribution in [3.8, 4) is 0 Å². The van der Waals surface area contributed by atoms with Crippen LogP contribution in [0.15, 0.2) is 17.0 Å². The quantitative estimate of drug-likeness (QED) is 0.458. The zero-order chi connectivity index (χ0) is 24.9. The van der Waals surface area contributed by atoms with Gasteiger partial charge in [0.05, 0.1) is 35.9 Å². The second-order valence-corrected chi connectivity index (χ2v) is 11.7. The highest BCUT2D eigenvalue weighted by Gasteiger charge is 2.37. The Hall–Kier alpha value is -0.690. The van der Waals surface area contributed by atoms with Crippen LogP contribution < -0.4 is 0 Å². The Morgan fingerprint density at radius 2 is 1.76 bits per heavy atom. The first-order valence-electron chi connectivity index (χ1n) is 11.1. The minimum atomic E-state index is -4.03. The number of hydrogen-bond acceptors (Lipinski definition) is 7. The van der Waals surface area contributed by atoms with Gasteiger partial charge in [0.15, 0.2) is 0 Å². The number of amides is 1. The molecule has 9 nitrogen and oxygen atoms in total. The van der Waals surface area contributed by atoms with Crippen molar-refractivity contribution in [3.63, 3.8) is 0 Å². The molecule has 0 aliphatic carbocycles. The van der Waals surface area contributed by atoms with Crippen LogP contribution >= 0.6 is 34.8 Å². The Labute approximate surface area is 216 Å². The first-order chi connectivity index (χ1) is 16.1. The van der Waals surface area contributed by atoms with Gasteiger partial charge in [0, 0.05) is 50.8 Å². The molecule has 2 aliphatic heterocycles. The molecule has 1 amide bonds. The fourth-order valence-corrected chi connectivity index (χ4v) is 6.99. The van der Waals surface area contributed by atoms with Gasteiger partial charge in [0.2, 0.25) is 15.9 Å². The molecule has 2 aliphatic rings. The maximum absolute atomic E-state index is 13.3. The number of hydrogen-bond donors (Lipinski definition) is 0. The second-order valence-electron chi connectivity index (χ2n) is 8.58. The molecule has 0 bridgehead atoms. The lowest BCUT2D eigenvalue weighted by Crippen LogP contribution is -2.52. The summed E-state index contributed by atoms with van der Waals surface area (Å²) in [6.45, 7) is 5.28. The summed E-state index contributed by atoms with van der Waals surface area (Å²) in [5.74, 6) is -0.109. The lowest BCUT2D eigenvalue weighted by molar-refractivity contribution is -0.138. The minimum absolute atomic E-state index is 0.0105. The van der Waals surface area contributed by atoms with Crippen molar-refractivity contribution in [1.82, 2.24) is 19.0 Å². The van der Waals surface area contributed by atoms with Gasteiger partial charge in [0.25, 0.3) is 0 Å². The zero-order valence-corrected chi connectivity index (χ0v) is 22.5. The van der Waals surface area contributed by atoms with Crippen molar-refractivity contribution in [2.45, 2.75) is 10.9 Å². The van der Waals surface area contributed by atoms with Crippen LogP contribution in [0, 0.1) is 0 Å². The average molecular weight is 558 g/mol. The van der Waals surface area contributed by atoms with E-state index in [2.05, 4.69) is 9.80 Å². The highest BCUT2D eigenvalue weighted by atomic mass is 35.5. The fourth-order valence-electron chi connectivity index (χ4n) is 3.92. The number of carbonyl (C=O) groups excluding carboxylic acids is 1. The smallest absolute Gasteiger partial charge is 0.248 e. The van der Waals surface area contributed by atoms with Crippen molar-refractivity contribution >= 4 is 50.7 Å². The average Bonchev–Trinajstić information content (AvgIpc) is 2.77. The highest BCUT2D eigenvalue weighted by Crippen LogP contribution is 2.35. The molecule has 1 atom stereocenters. The molecule has 3 rings (SSSR count). The van der Waals surface area contributed by atoms with Crippen molar-refractivity contribution in [1.29, 1.82) is 0 Å². The summed E-state index contributed by atoms with van der Waals surface area (Å²) in [6.07, 6.45) is 0. The van der Waals surface area contributed by atoms with E-state index in [-0.39, 0.29) is 58.8 Å². The molecule has 0 saturated carbocycles. The summed E-state index contributed by atoms with van der Waals surface area (Å²) in [5, 5.41) is 0.139. The maximum atomic E-state index is 13.3. The molecular formula is C21H31Cl3N4O5S. The van der Waals surface area contributed by atoms with Crippen LogP contribution in [0.2, 0.25) is 15.1 Å². The first kappa shape index (κ1) is 27.9. The molecule has 2 fully saturated rings. The molecule has 0 N–H and O–H groups in total. The predicted molar refractivity (Wildman–Crippen MR) is 132 cm³/mol. The van der Waals surface area contributed by atoms with Crippen LogP contribution in [0.4, 0.5) is 0 Å². The Morgan fingerprint density at radius 3 is 2.38 bits per heavy atom. The van der Waals surface area contributed by atoms with E-state index in [1.54, 1.807) is 4.90 Å². The summed E-state index contributed by atoms with van der Waals surface area (Å²) in [6, 6.07) is 2.07. The molecule has 0 unspecified atom stereocenters. The van der Waals surface area contributed by atoms with Crippen molar-refractivity contribution in [2.75, 3.05) is 86.3 Å². The summed E-state index contributed by atoms with van der Waals surface area (Å²) in [4.78, 5) is 18.7. The largest absolute Gasteiger partial charge is 0.378 e. The van der Waals surface area contributed by atoms with Gasteiger partial charge in [-0.2, -0.15) is 4.31 Å². The van der Waals surface area contributed by atoms with Crippen LogP contribution in [-0.2, 0) is 24.3 Å². The van der Waals surface area contributed by atoms with E-state index in [9.17, 15) is 13.2 Å². The van der Waals surface area contributed by atoms with E-state index in [4.69, 9.17) is 44.3 Å². The molecule has 0 aromatic heterocycles. The van der Waals surface area contributed by atoms with Gasteiger partial charge in [-0.1, -0.05) is 34.8 Å². The molecule has 2 saturated heterocycles. The Kier molecular flexibility index (Phi) is 10.3. The number of nitrogens with zero attached hydrogens (tertiary/aromatic N) is 4. The minimum Gasteiger partial charge on any atom is -0.378 e. The van der Waals surface area contributed by atoms with E-state index in [1.165, 1.54) is 16.4 Å². The SMILES string of the molecule is CN(C)CCN1CCN(C(=O)COC[C@@H]2COCCN2S(=O)(=O)c2c(Cl)cc(Cl)cc2Cl)CC1. The number of likely N-dealkylation sites (N-methyl/N-ethyl adjacent to an activating group) is 1. The molecule has 13 heteroatoms. The molecule has 0 spiro atoms. The van der Waals surface area contributed by atoms with Crippen LogP contribution in [0.3, 0.4) is 0 Å². The third-order valence-corrected chi connectivity index (χ3v) is 8.92. The summed E-state index contributed by atoms with van der Waals surface area (Å²) >= 11 is 18.3. The van der Waals surface area contributed by atoms with Crippen LogP contribution in [0.5, 0.6) is 0 Å². The van der Waals surface area contributed by atoms with E-state index in [1.807, 2.05) is 14.1 Å². The number of morpholine rings is 1. The second kappa shape index (κ2) is 12.5. The van der Waals surface area contributed by atoms with Crippen molar-refractivity contribution in [2.24, 2.45) is 0 Å². The Morgan fingerprint density at radius 1 is 1.12 bits per heavy atom. The molecule has 34 heavy (non-hydrogen) atoms. The molecule has 192 valence electrons. The van der Waals surface area contributed by atoms with Crippen molar-refractivity contribution < 1.29 is 22.7 Å². The zero-order valence-electron chi connectivity index (χ0n) is 19.4. The lowest BCUT2D eigenvalue weighted by atomic mass is 10.3. The number of carbonyl (C=O) groups is 1. The van der Waals surface area contributed by atoms with Crippen LogP contribution in [0.25, 0.3) is 0 Å². The van der Waals surface area contributed by atoms with Gasteiger partial charge >= 0.3 is 0 Å². The molecular weight excluding hydrogens is 527 g/mol. The third kappa shape index (κ3) is 7.18. The number of sulfonamides is 1. The van der Waals surface area contributed by atoms with E-state index < -0.39 is 16.1 Å². The number of piperazine rings is 1. The summed E-state index contributed by atoms with van der Waals surface area (Å²) < 4.78 is 39.1. The summed E-state index contributed by atoms with van der Waals surface area (Å²) in [7, 11) is 0.0505. The van der Waals surface area contributed by atoms with Gasteiger partial charge in [0.1, 0.15) is 11.5 Å². The number of benzene rings is 1. The number of rotatable bonds is 9. The number of ether oxygens (including phenoxy) is 2. The third-order valence-electron chi connectivity index (χ3n) is 5.83. The normalized spacial score (nSPS) is 20.8. The molecule has 2 heterocycles. The van der Waals surface area contributed by atoms with Gasteiger partial charge in [-0.3, -0.25) is 9.69 Å². The fraction of sp³-hybridized carbons (Fsp3) is 0.667. The summed E-state index contributed by atoms with van der Waals surface area (Å²) in [5.41, 5.74) is 0. The van der Waals surface area contributed by atoms with Crippen molar-refractivity contribution in [3.05, 3.63) is 27.2 Å². The monoisotopic (exact) mass is 556 g/mol. The van der Waals surface area contributed by atoms with E-state index in [0.717, 1.165) is 26.2 Å². The maximum Gasteiger partial charge on any atom is 0.248 e. The van der Waals surface area contributed by atoms with Crippen LogP contribution in [0.1, 0.15) is 0 Å². The van der Waals surface area contributed by atoms with E-state index >= 15 is 0 Å². The first-order valence-corrected chi connectivity index (χ1v) is 13.6. The predicted octanol–water partition coefficient (Wildman–Crippen LogP) is 1.76. The Bertz CT molecular complexity index is 935. The lowest BCUT2D eigenvalue weighted by Gasteiger charge is -2.36.